The summed E-state index contributed by atoms with van der Waals surface area (Å²) in [6, 6.07) is 5.54. The Morgan fingerprint density at radius 3 is 2.58 bits per heavy atom. The van der Waals surface area contributed by atoms with Crippen LogP contribution in [0.15, 0.2) is 27.1 Å². The van der Waals surface area contributed by atoms with Gasteiger partial charge in [0.1, 0.15) is 5.82 Å². The molecule has 1 aromatic carbocycles. The molecular formula is C13H10Br2ClN3. The molecule has 0 atom stereocenters. The van der Waals surface area contributed by atoms with Crippen molar-refractivity contribution in [3.63, 3.8) is 0 Å². The van der Waals surface area contributed by atoms with E-state index in [-0.39, 0.29) is 0 Å². The van der Waals surface area contributed by atoms with Crippen molar-refractivity contribution in [2.45, 2.75) is 18.8 Å². The largest absolute Gasteiger partial charge is 0.383 e. The van der Waals surface area contributed by atoms with E-state index >= 15 is 0 Å². The predicted octanol–water partition coefficient (Wildman–Crippen LogP) is 4.78. The Hall–Kier alpha value is -0.650. The van der Waals surface area contributed by atoms with Crippen LogP contribution in [0.3, 0.4) is 0 Å². The average molecular weight is 404 g/mol. The second-order valence-electron chi connectivity index (χ2n) is 4.53. The van der Waals surface area contributed by atoms with Crippen LogP contribution in [0.1, 0.15) is 24.5 Å². The van der Waals surface area contributed by atoms with Gasteiger partial charge >= 0.3 is 0 Å². The van der Waals surface area contributed by atoms with Gasteiger partial charge in [-0.2, -0.15) is 0 Å². The number of anilines is 1. The van der Waals surface area contributed by atoms with Crippen LogP contribution in [0.25, 0.3) is 11.4 Å². The van der Waals surface area contributed by atoms with Crippen LogP contribution in [-0.4, -0.2) is 9.97 Å². The zero-order valence-corrected chi connectivity index (χ0v) is 13.8. The zero-order chi connectivity index (χ0) is 13.6. The Balaban J connectivity index is 2.14. The fraction of sp³-hybridized carbons (Fsp3) is 0.231. The van der Waals surface area contributed by atoms with Gasteiger partial charge in [0, 0.05) is 21.0 Å². The number of halogens is 3. The van der Waals surface area contributed by atoms with E-state index in [1.165, 1.54) is 0 Å². The van der Waals surface area contributed by atoms with Crippen LogP contribution in [0.2, 0.25) is 5.02 Å². The molecule has 0 saturated heterocycles. The fourth-order valence-corrected chi connectivity index (χ4v) is 3.26. The molecule has 3 rings (SSSR count). The molecule has 3 nitrogen and oxygen atoms in total. The lowest BCUT2D eigenvalue weighted by atomic mass is 10.2. The van der Waals surface area contributed by atoms with Gasteiger partial charge in [-0.1, -0.05) is 11.6 Å². The molecule has 2 N–H and O–H groups in total. The molecule has 19 heavy (non-hydrogen) atoms. The van der Waals surface area contributed by atoms with Gasteiger partial charge in [0.2, 0.25) is 0 Å². The first-order chi connectivity index (χ1) is 9.06. The minimum atomic E-state index is 0.480. The van der Waals surface area contributed by atoms with Gasteiger partial charge in [-0.3, -0.25) is 0 Å². The molecule has 1 aliphatic rings. The first-order valence-electron chi connectivity index (χ1n) is 5.84. The molecule has 1 aromatic heterocycles. The molecule has 0 bridgehead atoms. The quantitative estimate of drug-likeness (QED) is 0.785. The van der Waals surface area contributed by atoms with Gasteiger partial charge in [-0.15, -0.1) is 0 Å². The third-order valence-electron chi connectivity index (χ3n) is 3.04. The van der Waals surface area contributed by atoms with Gasteiger partial charge < -0.3 is 5.73 Å². The number of nitrogens with two attached hydrogens (primary N) is 1. The molecule has 0 unspecified atom stereocenters. The lowest BCUT2D eigenvalue weighted by Gasteiger charge is -2.09. The van der Waals surface area contributed by atoms with Crippen LogP contribution in [0.5, 0.6) is 0 Å². The van der Waals surface area contributed by atoms with Crippen molar-refractivity contribution >= 4 is 49.3 Å². The highest BCUT2D eigenvalue weighted by Crippen LogP contribution is 2.44. The van der Waals surface area contributed by atoms with Gasteiger partial charge in [0.25, 0.3) is 0 Å². The number of benzene rings is 1. The maximum Gasteiger partial charge on any atom is 0.162 e. The normalized spacial score (nSPS) is 14.7. The van der Waals surface area contributed by atoms with E-state index in [0.29, 0.717) is 22.6 Å². The summed E-state index contributed by atoms with van der Waals surface area (Å²) in [5.41, 5.74) is 7.86. The molecule has 0 amide bonds. The second kappa shape index (κ2) is 5.04. The molecule has 1 fully saturated rings. The summed E-state index contributed by atoms with van der Waals surface area (Å²) in [7, 11) is 0. The Morgan fingerprint density at radius 2 is 1.95 bits per heavy atom. The van der Waals surface area contributed by atoms with Crippen LogP contribution in [0.4, 0.5) is 5.82 Å². The SMILES string of the molecule is Nc1nc(-c2ccc(Cl)cc2Br)nc(C2CC2)c1Br. The van der Waals surface area contributed by atoms with E-state index in [9.17, 15) is 0 Å². The van der Waals surface area contributed by atoms with E-state index in [2.05, 4.69) is 41.8 Å². The maximum absolute atomic E-state index is 5.96. The summed E-state index contributed by atoms with van der Waals surface area (Å²) >= 11 is 12.9. The molecule has 1 heterocycles. The van der Waals surface area contributed by atoms with Crippen LogP contribution >= 0.6 is 43.5 Å². The molecule has 2 aromatic rings. The highest BCUT2D eigenvalue weighted by Gasteiger charge is 2.29. The molecule has 1 saturated carbocycles. The van der Waals surface area contributed by atoms with Crippen LogP contribution < -0.4 is 5.73 Å². The van der Waals surface area contributed by atoms with E-state index in [0.717, 1.165) is 33.0 Å². The van der Waals surface area contributed by atoms with Gasteiger partial charge in [-0.25, -0.2) is 9.97 Å². The number of nitrogen functional groups attached to an aromatic ring is 1. The van der Waals surface area contributed by atoms with E-state index in [1.807, 2.05) is 18.2 Å². The summed E-state index contributed by atoms with van der Waals surface area (Å²) in [6.07, 6.45) is 2.33. The van der Waals surface area contributed by atoms with Gasteiger partial charge in [-0.05, 0) is 62.9 Å². The molecule has 6 heteroatoms. The molecule has 0 aliphatic heterocycles. The molecule has 0 radical (unpaired) electrons. The smallest absolute Gasteiger partial charge is 0.162 e. The number of rotatable bonds is 2. The van der Waals surface area contributed by atoms with Crippen molar-refractivity contribution in [2.24, 2.45) is 0 Å². The Bertz CT molecular complexity index is 657. The molecule has 98 valence electrons. The number of hydrogen-bond acceptors (Lipinski definition) is 3. The summed E-state index contributed by atoms with van der Waals surface area (Å²) < 4.78 is 1.69. The zero-order valence-electron chi connectivity index (χ0n) is 9.83. The van der Waals surface area contributed by atoms with Crippen molar-refractivity contribution in [1.82, 2.24) is 9.97 Å². The third-order valence-corrected chi connectivity index (χ3v) is 4.74. The molecule has 1 aliphatic carbocycles. The first-order valence-corrected chi connectivity index (χ1v) is 7.81. The van der Waals surface area contributed by atoms with E-state index < -0.39 is 0 Å². The van der Waals surface area contributed by atoms with Crippen molar-refractivity contribution in [3.8, 4) is 11.4 Å². The van der Waals surface area contributed by atoms with Crippen molar-refractivity contribution < 1.29 is 0 Å². The van der Waals surface area contributed by atoms with Gasteiger partial charge in [0.05, 0.1) is 10.2 Å². The first kappa shape index (κ1) is 13.3. The average Bonchev–Trinajstić information content (AvgIpc) is 3.17. The summed E-state index contributed by atoms with van der Waals surface area (Å²) in [4.78, 5) is 9.00. The van der Waals surface area contributed by atoms with Gasteiger partial charge in [0.15, 0.2) is 5.82 Å². The van der Waals surface area contributed by atoms with Crippen molar-refractivity contribution in [1.29, 1.82) is 0 Å². The summed E-state index contributed by atoms with van der Waals surface area (Å²) in [6.45, 7) is 0. The van der Waals surface area contributed by atoms with Crippen LogP contribution in [0, 0.1) is 0 Å². The van der Waals surface area contributed by atoms with Crippen molar-refractivity contribution in [2.75, 3.05) is 5.73 Å². The predicted molar refractivity (Wildman–Crippen MR) is 84.3 cm³/mol. The number of hydrogen-bond donors (Lipinski definition) is 1. The van der Waals surface area contributed by atoms with E-state index in [1.54, 1.807) is 0 Å². The summed E-state index contributed by atoms with van der Waals surface area (Å²) in [5.74, 6) is 1.62. The Kier molecular flexibility index (Phi) is 3.53. The fourth-order valence-electron chi connectivity index (χ4n) is 1.90. The summed E-state index contributed by atoms with van der Waals surface area (Å²) in [5, 5.41) is 0.670. The maximum atomic E-state index is 5.96. The Labute approximate surface area is 132 Å². The monoisotopic (exact) mass is 401 g/mol. The second-order valence-corrected chi connectivity index (χ2v) is 6.61. The highest BCUT2D eigenvalue weighted by atomic mass is 79.9. The lowest BCUT2D eigenvalue weighted by molar-refractivity contribution is 0.984. The van der Waals surface area contributed by atoms with Crippen molar-refractivity contribution in [3.05, 3.63) is 37.9 Å². The third kappa shape index (κ3) is 2.64. The standard InChI is InChI=1S/C13H10Br2ClN3/c14-9-5-7(16)3-4-8(9)13-18-11(6-1-2-6)10(15)12(17)19-13/h3-6H,1-2H2,(H2,17,18,19). The van der Waals surface area contributed by atoms with Crippen LogP contribution in [-0.2, 0) is 0 Å². The lowest BCUT2D eigenvalue weighted by Crippen LogP contribution is -2.02. The highest BCUT2D eigenvalue weighted by molar-refractivity contribution is 9.11. The van der Waals surface area contributed by atoms with E-state index in [4.69, 9.17) is 17.3 Å². The minimum Gasteiger partial charge on any atom is -0.383 e. The number of nitrogens with zero attached hydrogens (tertiary/aromatic N) is 2. The molecular weight excluding hydrogens is 393 g/mol. The topological polar surface area (TPSA) is 51.8 Å². The number of aromatic nitrogens is 2. The Morgan fingerprint density at radius 1 is 1.21 bits per heavy atom. The minimum absolute atomic E-state index is 0.480. The molecule has 0 spiro atoms.